The van der Waals surface area contributed by atoms with Crippen LogP contribution in [-0.2, 0) is 0 Å². The van der Waals surface area contributed by atoms with Crippen LogP contribution in [0.25, 0.3) is 6.08 Å². The highest BCUT2D eigenvalue weighted by molar-refractivity contribution is 5.62. The normalized spacial score (nSPS) is 12.6. The summed E-state index contributed by atoms with van der Waals surface area (Å²) in [5, 5.41) is 44.5. The molecule has 0 aromatic heterocycles. The average Bonchev–Trinajstić information content (AvgIpc) is 2.29. The number of phenols is 2. The molecule has 1 rings (SSSR count). The van der Waals surface area contributed by atoms with Gasteiger partial charge >= 0.3 is 0 Å². The fourth-order valence-electron chi connectivity index (χ4n) is 1.05. The van der Waals surface area contributed by atoms with E-state index in [-0.39, 0.29) is 17.1 Å². The Morgan fingerprint density at radius 1 is 1.25 bits per heavy atom. The van der Waals surface area contributed by atoms with Gasteiger partial charge in [0.05, 0.1) is 17.7 Å². The Morgan fingerprint density at radius 3 is 2.44 bits per heavy atom. The van der Waals surface area contributed by atoms with Crippen LogP contribution in [-0.4, -0.2) is 21.4 Å². The zero-order valence-electron chi connectivity index (χ0n) is 8.12. The van der Waals surface area contributed by atoms with Crippen molar-refractivity contribution in [2.45, 2.75) is 6.10 Å². The SMILES string of the molecule is N#CC(=Cc1ccc(O)c(O)c1)C(O)C#N. The Balaban J connectivity index is 3.12. The summed E-state index contributed by atoms with van der Waals surface area (Å²) in [5.74, 6) is -0.617. The van der Waals surface area contributed by atoms with E-state index in [0.717, 1.165) is 0 Å². The van der Waals surface area contributed by atoms with Crippen LogP contribution in [0.5, 0.6) is 11.5 Å². The molecule has 0 bridgehead atoms. The van der Waals surface area contributed by atoms with Crippen LogP contribution in [0.2, 0.25) is 0 Å². The molecule has 0 aliphatic heterocycles. The van der Waals surface area contributed by atoms with E-state index >= 15 is 0 Å². The summed E-state index contributed by atoms with van der Waals surface area (Å²) in [6.45, 7) is 0. The molecule has 0 aliphatic rings. The van der Waals surface area contributed by atoms with Crippen molar-refractivity contribution in [2.75, 3.05) is 0 Å². The lowest BCUT2D eigenvalue weighted by Crippen LogP contribution is -2.04. The lowest BCUT2D eigenvalue weighted by Gasteiger charge is -2.01. The predicted octanol–water partition coefficient (Wildman–Crippen LogP) is 0.889. The standard InChI is InChI=1S/C11H8N2O3/c12-5-8(11(16)6-13)3-7-1-2-9(14)10(15)4-7/h1-4,11,14-16H. The van der Waals surface area contributed by atoms with Crippen LogP contribution < -0.4 is 0 Å². The first-order chi connectivity index (χ1) is 7.58. The molecule has 16 heavy (non-hydrogen) atoms. The number of benzene rings is 1. The molecule has 0 fully saturated rings. The number of aliphatic hydroxyl groups excluding tert-OH is 1. The summed E-state index contributed by atoms with van der Waals surface area (Å²) < 4.78 is 0. The maximum absolute atomic E-state index is 9.19. The van der Waals surface area contributed by atoms with Crippen LogP contribution in [0, 0.1) is 22.7 Å². The third-order valence-electron chi connectivity index (χ3n) is 1.87. The molecule has 0 radical (unpaired) electrons. The van der Waals surface area contributed by atoms with E-state index in [2.05, 4.69) is 0 Å². The van der Waals surface area contributed by atoms with Crippen molar-refractivity contribution in [3.8, 4) is 23.6 Å². The molecule has 80 valence electrons. The molecule has 0 heterocycles. The van der Waals surface area contributed by atoms with Crippen molar-refractivity contribution in [2.24, 2.45) is 0 Å². The van der Waals surface area contributed by atoms with Gasteiger partial charge in [0.25, 0.3) is 0 Å². The highest BCUT2D eigenvalue weighted by Crippen LogP contribution is 2.26. The number of hydrogen-bond acceptors (Lipinski definition) is 5. The van der Waals surface area contributed by atoms with E-state index < -0.39 is 6.10 Å². The van der Waals surface area contributed by atoms with Gasteiger partial charge in [-0.05, 0) is 23.8 Å². The number of phenolic OH excluding ortho intramolecular Hbond substituents is 2. The molecular weight excluding hydrogens is 208 g/mol. The minimum atomic E-state index is -1.50. The Kier molecular flexibility index (Phi) is 3.49. The zero-order valence-corrected chi connectivity index (χ0v) is 8.12. The van der Waals surface area contributed by atoms with Crippen LogP contribution in [0.3, 0.4) is 0 Å². The molecule has 0 aliphatic carbocycles. The fraction of sp³-hybridized carbons (Fsp3) is 0.0909. The van der Waals surface area contributed by atoms with Crippen molar-refractivity contribution < 1.29 is 15.3 Å². The highest BCUT2D eigenvalue weighted by Gasteiger charge is 2.09. The minimum absolute atomic E-state index is 0.132. The smallest absolute Gasteiger partial charge is 0.175 e. The first-order valence-electron chi connectivity index (χ1n) is 4.30. The van der Waals surface area contributed by atoms with Crippen molar-refractivity contribution in [1.29, 1.82) is 10.5 Å². The van der Waals surface area contributed by atoms with Crippen molar-refractivity contribution in [3.05, 3.63) is 29.3 Å². The van der Waals surface area contributed by atoms with Gasteiger partial charge in [0.2, 0.25) is 0 Å². The van der Waals surface area contributed by atoms with Gasteiger partial charge in [-0.25, -0.2) is 0 Å². The van der Waals surface area contributed by atoms with E-state index in [9.17, 15) is 5.11 Å². The summed E-state index contributed by atoms with van der Waals surface area (Å²) in [4.78, 5) is 0. The minimum Gasteiger partial charge on any atom is -0.504 e. The fourth-order valence-corrected chi connectivity index (χ4v) is 1.05. The van der Waals surface area contributed by atoms with E-state index in [1.54, 1.807) is 6.07 Å². The molecule has 1 atom stereocenters. The van der Waals surface area contributed by atoms with Gasteiger partial charge in [0, 0.05) is 0 Å². The molecule has 0 saturated heterocycles. The largest absolute Gasteiger partial charge is 0.504 e. The van der Waals surface area contributed by atoms with E-state index in [0.29, 0.717) is 5.56 Å². The van der Waals surface area contributed by atoms with Gasteiger partial charge in [-0.3, -0.25) is 0 Å². The number of nitrogens with zero attached hydrogens (tertiary/aromatic N) is 2. The Hall–Kier alpha value is -2.50. The number of aromatic hydroxyl groups is 2. The van der Waals surface area contributed by atoms with Crippen molar-refractivity contribution in [1.82, 2.24) is 0 Å². The van der Waals surface area contributed by atoms with E-state index in [1.807, 2.05) is 0 Å². The second kappa shape index (κ2) is 4.83. The number of hydrogen-bond donors (Lipinski definition) is 3. The number of rotatable bonds is 2. The molecule has 5 heteroatoms. The molecule has 0 amide bonds. The molecule has 1 aromatic rings. The number of aliphatic hydroxyl groups is 1. The summed E-state index contributed by atoms with van der Waals surface area (Å²) in [7, 11) is 0. The first-order valence-corrected chi connectivity index (χ1v) is 4.30. The summed E-state index contributed by atoms with van der Waals surface area (Å²) in [6.07, 6.45) is -0.242. The summed E-state index contributed by atoms with van der Waals surface area (Å²) in [5.41, 5.74) is 0.272. The maximum atomic E-state index is 9.19. The number of nitriles is 2. The van der Waals surface area contributed by atoms with Gasteiger partial charge in [0.1, 0.15) is 0 Å². The average molecular weight is 216 g/mol. The summed E-state index contributed by atoms with van der Waals surface area (Å²) >= 11 is 0. The van der Waals surface area contributed by atoms with Crippen molar-refractivity contribution >= 4 is 6.08 Å². The van der Waals surface area contributed by atoms with Gasteiger partial charge in [-0.1, -0.05) is 6.07 Å². The lowest BCUT2D eigenvalue weighted by atomic mass is 10.1. The van der Waals surface area contributed by atoms with Gasteiger partial charge in [-0.15, -0.1) is 0 Å². The molecule has 1 unspecified atom stereocenters. The van der Waals surface area contributed by atoms with Crippen LogP contribution >= 0.6 is 0 Å². The van der Waals surface area contributed by atoms with Gasteiger partial charge in [-0.2, -0.15) is 10.5 Å². The van der Waals surface area contributed by atoms with E-state index in [1.165, 1.54) is 30.3 Å². The maximum Gasteiger partial charge on any atom is 0.175 e. The molecule has 3 N–H and O–H groups in total. The molecular formula is C11H8N2O3. The topological polar surface area (TPSA) is 108 Å². The van der Waals surface area contributed by atoms with Gasteiger partial charge in [0.15, 0.2) is 17.6 Å². The third-order valence-corrected chi connectivity index (χ3v) is 1.87. The van der Waals surface area contributed by atoms with Crippen LogP contribution in [0.1, 0.15) is 5.56 Å². The zero-order chi connectivity index (χ0) is 12.1. The Morgan fingerprint density at radius 2 is 1.94 bits per heavy atom. The lowest BCUT2D eigenvalue weighted by molar-refractivity contribution is 0.271. The quantitative estimate of drug-likeness (QED) is 0.386. The van der Waals surface area contributed by atoms with Crippen LogP contribution in [0.15, 0.2) is 23.8 Å². The second-order valence-electron chi connectivity index (χ2n) is 2.99. The Bertz CT molecular complexity index is 509. The molecule has 0 spiro atoms. The van der Waals surface area contributed by atoms with E-state index in [4.69, 9.17) is 20.7 Å². The molecule has 5 nitrogen and oxygen atoms in total. The molecule has 1 aromatic carbocycles. The summed E-state index contributed by atoms with van der Waals surface area (Å²) in [6, 6.07) is 7.10. The highest BCUT2D eigenvalue weighted by atomic mass is 16.3. The van der Waals surface area contributed by atoms with Gasteiger partial charge < -0.3 is 15.3 Å². The third kappa shape index (κ3) is 2.50. The predicted molar refractivity (Wildman–Crippen MR) is 55.0 cm³/mol. The molecule has 0 saturated carbocycles. The second-order valence-corrected chi connectivity index (χ2v) is 2.99. The van der Waals surface area contributed by atoms with Crippen molar-refractivity contribution in [3.63, 3.8) is 0 Å². The first kappa shape index (κ1) is 11.6. The Labute approximate surface area is 91.7 Å². The van der Waals surface area contributed by atoms with Crippen LogP contribution in [0.4, 0.5) is 0 Å². The monoisotopic (exact) mass is 216 g/mol.